The lowest BCUT2D eigenvalue weighted by atomic mass is 9.97. The number of benzene rings is 1. The molecule has 0 aromatic heterocycles. The van der Waals surface area contributed by atoms with E-state index in [2.05, 4.69) is 0 Å². The third-order valence-corrected chi connectivity index (χ3v) is 3.46. The van der Waals surface area contributed by atoms with E-state index in [0.29, 0.717) is 19.4 Å². The zero-order chi connectivity index (χ0) is 14.0. The number of aryl methyl sites for hydroxylation is 1. The number of hydrogen-bond acceptors (Lipinski definition) is 3. The fourth-order valence-corrected chi connectivity index (χ4v) is 2.29. The van der Waals surface area contributed by atoms with Crippen LogP contribution >= 0.6 is 0 Å². The number of carbonyl (C=O) groups is 2. The van der Waals surface area contributed by atoms with Crippen LogP contribution in [0.15, 0.2) is 18.2 Å². The van der Waals surface area contributed by atoms with Gasteiger partial charge < -0.3 is 15.7 Å². The average molecular weight is 262 g/mol. The normalized spacial score (nSPS) is 16.1. The largest absolute Gasteiger partial charge is 0.481 e. The molecule has 1 atom stereocenters. The number of nitrogens with zero attached hydrogens (tertiary/aromatic N) is 1. The van der Waals surface area contributed by atoms with Gasteiger partial charge in [0.15, 0.2) is 0 Å². The molecule has 2 rings (SSSR count). The average Bonchev–Trinajstić information content (AvgIpc) is 2.41. The van der Waals surface area contributed by atoms with Crippen LogP contribution in [0.3, 0.4) is 0 Å². The van der Waals surface area contributed by atoms with Gasteiger partial charge in [-0.2, -0.15) is 0 Å². The Bertz CT molecular complexity index is 513. The molecule has 0 spiro atoms. The summed E-state index contributed by atoms with van der Waals surface area (Å²) in [5.41, 5.74) is 8.52. The Hall–Kier alpha value is -1.88. The number of aliphatic carboxylic acids is 1. The molecule has 0 fully saturated rings. The minimum Gasteiger partial charge on any atom is -0.481 e. The number of hydrogen-bond donors (Lipinski definition) is 2. The maximum absolute atomic E-state index is 12.0. The molecule has 0 aliphatic carbocycles. The summed E-state index contributed by atoms with van der Waals surface area (Å²) in [5.74, 6) is -1.48. The van der Waals surface area contributed by atoms with Crippen LogP contribution in [0.2, 0.25) is 0 Å². The molecule has 1 aromatic carbocycles. The highest BCUT2D eigenvalue weighted by molar-refractivity contribution is 5.97. The van der Waals surface area contributed by atoms with E-state index >= 15 is 0 Å². The SMILES string of the molecule is CC(CN1C(=O)CCc2cc(CN)ccc21)C(=O)O. The van der Waals surface area contributed by atoms with Gasteiger partial charge in [0, 0.05) is 25.2 Å². The molecule has 1 aromatic rings. The topological polar surface area (TPSA) is 83.6 Å². The van der Waals surface area contributed by atoms with Crippen LogP contribution in [0.4, 0.5) is 5.69 Å². The third-order valence-electron chi connectivity index (χ3n) is 3.46. The third kappa shape index (κ3) is 2.76. The summed E-state index contributed by atoms with van der Waals surface area (Å²) >= 11 is 0. The second-order valence-corrected chi connectivity index (χ2v) is 4.91. The lowest BCUT2D eigenvalue weighted by Crippen LogP contribution is -2.40. The highest BCUT2D eigenvalue weighted by Gasteiger charge is 2.27. The lowest BCUT2D eigenvalue weighted by molar-refractivity contribution is -0.140. The van der Waals surface area contributed by atoms with E-state index in [1.54, 1.807) is 11.8 Å². The summed E-state index contributed by atoms with van der Waals surface area (Å²) in [6.45, 7) is 2.29. The van der Waals surface area contributed by atoms with Crippen LogP contribution < -0.4 is 10.6 Å². The number of anilines is 1. The van der Waals surface area contributed by atoms with E-state index in [-0.39, 0.29) is 12.5 Å². The number of carbonyl (C=O) groups excluding carboxylic acids is 1. The van der Waals surface area contributed by atoms with Crippen LogP contribution in [0.1, 0.15) is 24.5 Å². The Morgan fingerprint density at radius 3 is 2.84 bits per heavy atom. The Morgan fingerprint density at radius 1 is 1.47 bits per heavy atom. The van der Waals surface area contributed by atoms with Gasteiger partial charge >= 0.3 is 5.97 Å². The Balaban J connectivity index is 2.30. The van der Waals surface area contributed by atoms with Crippen LogP contribution in [0.5, 0.6) is 0 Å². The minimum absolute atomic E-state index is 0.0129. The highest BCUT2D eigenvalue weighted by Crippen LogP contribution is 2.29. The molecule has 1 unspecified atom stereocenters. The summed E-state index contributed by atoms with van der Waals surface area (Å²) in [6.07, 6.45) is 1.12. The van der Waals surface area contributed by atoms with Gasteiger partial charge in [0.1, 0.15) is 0 Å². The molecule has 0 bridgehead atoms. The predicted octanol–water partition coefficient (Wildman–Crippen LogP) is 1.15. The molecule has 1 amide bonds. The molecular weight excluding hydrogens is 244 g/mol. The summed E-state index contributed by atoms with van der Waals surface area (Å²) in [5, 5.41) is 8.97. The molecule has 1 aliphatic rings. The quantitative estimate of drug-likeness (QED) is 0.852. The number of amides is 1. The number of nitrogens with two attached hydrogens (primary N) is 1. The van der Waals surface area contributed by atoms with Gasteiger partial charge in [0.05, 0.1) is 5.92 Å². The Labute approximate surface area is 112 Å². The zero-order valence-corrected chi connectivity index (χ0v) is 10.9. The summed E-state index contributed by atoms with van der Waals surface area (Å²) < 4.78 is 0. The van der Waals surface area contributed by atoms with Crippen LogP contribution in [-0.2, 0) is 22.6 Å². The summed E-state index contributed by atoms with van der Waals surface area (Å²) in [4.78, 5) is 24.5. The van der Waals surface area contributed by atoms with Crippen molar-refractivity contribution in [3.8, 4) is 0 Å². The van der Waals surface area contributed by atoms with Crippen molar-refractivity contribution in [1.29, 1.82) is 0 Å². The molecule has 102 valence electrons. The van der Waals surface area contributed by atoms with Crippen molar-refractivity contribution >= 4 is 17.6 Å². The number of carboxylic acid groups (broad SMARTS) is 1. The number of rotatable bonds is 4. The molecule has 0 radical (unpaired) electrons. The molecule has 1 aliphatic heterocycles. The maximum atomic E-state index is 12.0. The highest BCUT2D eigenvalue weighted by atomic mass is 16.4. The molecule has 5 heteroatoms. The standard InChI is InChI=1S/C14H18N2O3/c1-9(14(18)19)8-16-12-4-2-10(7-15)6-11(12)3-5-13(16)17/h2,4,6,9H,3,5,7-8,15H2,1H3,(H,18,19). The van der Waals surface area contributed by atoms with E-state index in [4.69, 9.17) is 10.8 Å². The van der Waals surface area contributed by atoms with E-state index in [0.717, 1.165) is 16.8 Å². The molecule has 1 heterocycles. The van der Waals surface area contributed by atoms with Crippen molar-refractivity contribution in [2.75, 3.05) is 11.4 Å². The molecule has 3 N–H and O–H groups in total. The van der Waals surface area contributed by atoms with Crippen LogP contribution in [0, 0.1) is 5.92 Å². The summed E-state index contributed by atoms with van der Waals surface area (Å²) in [7, 11) is 0. The lowest BCUT2D eigenvalue weighted by Gasteiger charge is -2.31. The predicted molar refractivity (Wildman–Crippen MR) is 71.8 cm³/mol. The van der Waals surface area contributed by atoms with E-state index in [1.807, 2.05) is 18.2 Å². The molecule has 19 heavy (non-hydrogen) atoms. The van der Waals surface area contributed by atoms with Crippen LogP contribution in [0.25, 0.3) is 0 Å². The van der Waals surface area contributed by atoms with Gasteiger partial charge in [0.2, 0.25) is 5.91 Å². The van der Waals surface area contributed by atoms with Gasteiger partial charge in [-0.15, -0.1) is 0 Å². The first-order valence-corrected chi connectivity index (χ1v) is 6.38. The van der Waals surface area contributed by atoms with Crippen LogP contribution in [-0.4, -0.2) is 23.5 Å². The molecular formula is C14H18N2O3. The van der Waals surface area contributed by atoms with Gasteiger partial charge in [-0.05, 0) is 23.6 Å². The minimum atomic E-state index is -0.890. The molecule has 0 saturated carbocycles. The Morgan fingerprint density at radius 2 is 2.21 bits per heavy atom. The maximum Gasteiger partial charge on any atom is 0.308 e. The first kappa shape index (κ1) is 13.5. The fourth-order valence-electron chi connectivity index (χ4n) is 2.29. The molecule has 5 nitrogen and oxygen atoms in total. The van der Waals surface area contributed by atoms with Crippen molar-refractivity contribution in [3.63, 3.8) is 0 Å². The van der Waals surface area contributed by atoms with E-state index < -0.39 is 11.9 Å². The zero-order valence-electron chi connectivity index (χ0n) is 10.9. The van der Waals surface area contributed by atoms with Crippen molar-refractivity contribution in [1.82, 2.24) is 0 Å². The number of fused-ring (bicyclic) bond motifs is 1. The Kier molecular flexibility index (Phi) is 3.85. The van der Waals surface area contributed by atoms with Crippen molar-refractivity contribution in [2.24, 2.45) is 11.7 Å². The van der Waals surface area contributed by atoms with Crippen molar-refractivity contribution in [3.05, 3.63) is 29.3 Å². The first-order chi connectivity index (χ1) is 9.02. The van der Waals surface area contributed by atoms with Gasteiger partial charge in [-0.3, -0.25) is 9.59 Å². The smallest absolute Gasteiger partial charge is 0.308 e. The van der Waals surface area contributed by atoms with Gasteiger partial charge in [0.25, 0.3) is 0 Å². The van der Waals surface area contributed by atoms with Gasteiger partial charge in [-0.1, -0.05) is 19.1 Å². The number of carboxylic acids is 1. The monoisotopic (exact) mass is 262 g/mol. The second-order valence-electron chi connectivity index (χ2n) is 4.91. The van der Waals surface area contributed by atoms with Crippen molar-refractivity contribution < 1.29 is 14.7 Å². The van der Waals surface area contributed by atoms with Gasteiger partial charge in [-0.25, -0.2) is 0 Å². The first-order valence-electron chi connectivity index (χ1n) is 6.38. The van der Waals surface area contributed by atoms with E-state index in [1.165, 1.54) is 0 Å². The second kappa shape index (κ2) is 5.40. The fraction of sp³-hybridized carbons (Fsp3) is 0.429. The molecule has 0 saturated heterocycles. The summed E-state index contributed by atoms with van der Waals surface area (Å²) in [6, 6.07) is 5.75. The van der Waals surface area contributed by atoms with Crippen molar-refractivity contribution in [2.45, 2.75) is 26.3 Å². The van der Waals surface area contributed by atoms with E-state index in [9.17, 15) is 9.59 Å².